The van der Waals surface area contributed by atoms with Crippen LogP contribution in [0.5, 0.6) is 5.75 Å². The Kier molecular flexibility index (Phi) is 5.79. The summed E-state index contributed by atoms with van der Waals surface area (Å²) in [7, 11) is -3.40. The Labute approximate surface area is 148 Å². The van der Waals surface area contributed by atoms with E-state index in [1.807, 2.05) is 12.1 Å². The molecule has 0 amide bonds. The molecule has 7 heteroatoms. The van der Waals surface area contributed by atoms with Gasteiger partial charge in [-0.25, -0.2) is 0 Å². The van der Waals surface area contributed by atoms with Crippen LogP contribution in [-0.4, -0.2) is 6.29 Å². The van der Waals surface area contributed by atoms with E-state index in [0.717, 1.165) is 31.4 Å². The molecule has 3 heterocycles. The summed E-state index contributed by atoms with van der Waals surface area (Å²) in [6.07, 6.45) is 6.71. The Bertz CT molecular complexity index is 642. The summed E-state index contributed by atoms with van der Waals surface area (Å²) in [5, 5.41) is 0. The van der Waals surface area contributed by atoms with Crippen LogP contribution in [-0.2, 0) is 29.3 Å². The largest absolute Gasteiger partial charge is 0.654 e. The van der Waals surface area contributed by atoms with Crippen LogP contribution in [0.3, 0.4) is 0 Å². The van der Waals surface area contributed by atoms with Crippen LogP contribution in [0.2, 0.25) is 0 Å². The summed E-state index contributed by atoms with van der Waals surface area (Å²) in [4.78, 5) is 0. The molecule has 138 valence electrons. The molecule has 4 rings (SSSR count). The molecule has 1 fully saturated rings. The van der Waals surface area contributed by atoms with Crippen molar-refractivity contribution in [2.24, 2.45) is 0 Å². The molecule has 2 bridgehead atoms. The number of phosphoric acid groups is 1. The zero-order valence-corrected chi connectivity index (χ0v) is 15.6. The molecule has 0 spiro atoms. The van der Waals surface area contributed by atoms with Crippen molar-refractivity contribution in [1.82, 2.24) is 0 Å². The quantitative estimate of drug-likeness (QED) is 0.286. The number of fused-ring (bicyclic) bond motifs is 1. The minimum Gasteiger partial charge on any atom is -0.455 e. The molecule has 1 aromatic rings. The predicted molar refractivity (Wildman–Crippen MR) is 92.6 cm³/mol. The van der Waals surface area contributed by atoms with E-state index in [9.17, 15) is 4.57 Å². The smallest absolute Gasteiger partial charge is 0.455 e. The van der Waals surface area contributed by atoms with Gasteiger partial charge in [-0.05, 0) is 37.0 Å². The fourth-order valence-electron chi connectivity index (χ4n) is 2.62. The van der Waals surface area contributed by atoms with Crippen molar-refractivity contribution in [2.75, 3.05) is 0 Å². The Morgan fingerprint density at radius 1 is 0.960 bits per heavy atom. The molecule has 25 heavy (non-hydrogen) atoms. The van der Waals surface area contributed by atoms with Crippen molar-refractivity contribution in [2.45, 2.75) is 65.1 Å². The lowest BCUT2D eigenvalue weighted by atomic mass is 10.1. The van der Waals surface area contributed by atoms with Gasteiger partial charge in [0.2, 0.25) is 6.29 Å². The summed E-state index contributed by atoms with van der Waals surface area (Å²) >= 11 is 0. The van der Waals surface area contributed by atoms with Gasteiger partial charge in [0.05, 0.1) is 0 Å². The average Bonchev–Trinajstić information content (AvgIpc) is 3.06. The molecule has 1 saturated heterocycles. The first-order valence-corrected chi connectivity index (χ1v) is 10.4. The van der Waals surface area contributed by atoms with Crippen LogP contribution < -0.4 is 4.74 Å². The van der Waals surface area contributed by atoms with Crippen molar-refractivity contribution < 1.29 is 27.6 Å². The van der Waals surface area contributed by atoms with Crippen LogP contribution in [0.25, 0.3) is 0 Å². The maximum atomic E-state index is 11.6. The van der Waals surface area contributed by atoms with Crippen molar-refractivity contribution in [1.29, 1.82) is 0 Å². The van der Waals surface area contributed by atoms with Gasteiger partial charge in [0.15, 0.2) is 0 Å². The number of hydrogen-bond acceptors (Lipinski definition) is 6. The maximum Gasteiger partial charge on any atom is 0.654 e. The number of ether oxygens (including phenoxy) is 2. The summed E-state index contributed by atoms with van der Waals surface area (Å²) in [6, 6.07) is 8.04. The van der Waals surface area contributed by atoms with Crippen LogP contribution in [0, 0.1) is 0 Å². The first-order chi connectivity index (χ1) is 12.1. The zero-order valence-electron chi connectivity index (χ0n) is 14.7. The van der Waals surface area contributed by atoms with Crippen molar-refractivity contribution in [3.05, 3.63) is 41.7 Å². The first-order valence-electron chi connectivity index (χ1n) is 8.97. The van der Waals surface area contributed by atoms with Gasteiger partial charge >= 0.3 is 19.7 Å². The molecule has 0 aliphatic carbocycles. The third-order valence-corrected chi connectivity index (χ3v) is 5.21. The van der Waals surface area contributed by atoms with Gasteiger partial charge in [-0.3, -0.25) is 0 Å². The molecule has 1 aromatic carbocycles. The zero-order chi connectivity index (χ0) is 17.7. The molecular weight excluding hydrogens is 343 g/mol. The monoisotopic (exact) mass is 368 g/mol. The Morgan fingerprint density at radius 2 is 1.68 bits per heavy atom. The molecule has 3 aliphatic heterocycles. The third-order valence-electron chi connectivity index (χ3n) is 4.04. The minimum absolute atomic E-state index is 0.0180. The van der Waals surface area contributed by atoms with Crippen LogP contribution in [0.15, 0.2) is 36.2 Å². The second kappa shape index (κ2) is 8.05. The van der Waals surface area contributed by atoms with E-state index in [4.69, 9.17) is 23.0 Å². The normalized spacial score (nSPS) is 17.8. The second-order valence-corrected chi connectivity index (χ2v) is 7.65. The van der Waals surface area contributed by atoms with Gasteiger partial charge in [0, 0.05) is 6.42 Å². The van der Waals surface area contributed by atoms with E-state index >= 15 is 0 Å². The highest BCUT2D eigenvalue weighted by molar-refractivity contribution is 7.50. The molecule has 0 aromatic heterocycles. The van der Waals surface area contributed by atoms with Crippen LogP contribution in [0.1, 0.15) is 57.9 Å². The molecular formula is C18H25O6P. The Hall–Kier alpha value is -1.81. The second-order valence-electron chi connectivity index (χ2n) is 6.20. The van der Waals surface area contributed by atoms with Gasteiger partial charge in [-0.2, -0.15) is 4.57 Å². The van der Waals surface area contributed by atoms with Gasteiger partial charge in [-0.15, -0.1) is 0 Å². The van der Waals surface area contributed by atoms with E-state index in [1.165, 1.54) is 18.4 Å². The fourth-order valence-corrected chi connectivity index (χ4v) is 3.58. The lowest BCUT2D eigenvalue weighted by Crippen LogP contribution is -2.20. The highest BCUT2D eigenvalue weighted by Crippen LogP contribution is 2.70. The highest BCUT2D eigenvalue weighted by atomic mass is 31.2. The minimum atomic E-state index is -3.40. The third kappa shape index (κ3) is 4.63. The van der Waals surface area contributed by atoms with E-state index < -0.39 is 14.1 Å². The summed E-state index contributed by atoms with van der Waals surface area (Å²) in [6.45, 7) is 4.32. The molecule has 0 radical (unpaired) electrons. The molecule has 1 atom stereocenters. The van der Waals surface area contributed by atoms with Crippen LogP contribution >= 0.6 is 7.82 Å². The van der Waals surface area contributed by atoms with E-state index in [-0.39, 0.29) is 11.9 Å². The number of benzene rings is 1. The van der Waals surface area contributed by atoms with Gasteiger partial charge in [0.25, 0.3) is 0 Å². The standard InChI is InChI=1S/C18H25O6P/c1-3-5-7-9-16(21-17-18-23-25(19,22-17)24-18)20-15-12-10-14(11-13-15)8-6-4-2/h10-13,16H,3-9H2,1-2H3. The molecule has 3 aliphatic rings. The maximum absolute atomic E-state index is 11.6. The number of phosphoric ester groups is 1. The average molecular weight is 368 g/mol. The number of unbranched alkanes of at least 4 members (excludes halogenated alkanes) is 3. The van der Waals surface area contributed by atoms with Gasteiger partial charge in [0.1, 0.15) is 5.75 Å². The fraction of sp³-hybridized carbons (Fsp3) is 0.556. The summed E-state index contributed by atoms with van der Waals surface area (Å²) in [5.74, 6) is 0.790. The van der Waals surface area contributed by atoms with Gasteiger partial charge in [-0.1, -0.05) is 45.2 Å². The lowest BCUT2D eigenvalue weighted by molar-refractivity contribution is -0.0803. The van der Waals surface area contributed by atoms with Crippen molar-refractivity contribution in [3.63, 3.8) is 0 Å². The first kappa shape index (κ1) is 18.0. The molecule has 0 saturated carbocycles. The molecule has 1 unspecified atom stereocenters. The van der Waals surface area contributed by atoms with Crippen molar-refractivity contribution in [3.8, 4) is 5.75 Å². The van der Waals surface area contributed by atoms with E-state index in [0.29, 0.717) is 6.42 Å². The Balaban J connectivity index is 1.59. The van der Waals surface area contributed by atoms with Crippen LogP contribution in [0.4, 0.5) is 0 Å². The van der Waals surface area contributed by atoms with E-state index in [1.54, 1.807) is 0 Å². The van der Waals surface area contributed by atoms with Gasteiger partial charge < -0.3 is 23.0 Å². The topological polar surface area (TPSA) is 63.2 Å². The predicted octanol–water partition coefficient (Wildman–Crippen LogP) is 5.64. The molecule has 6 nitrogen and oxygen atoms in total. The van der Waals surface area contributed by atoms with Crippen molar-refractivity contribution >= 4 is 7.82 Å². The number of hydrogen-bond donors (Lipinski definition) is 0. The highest BCUT2D eigenvalue weighted by Gasteiger charge is 2.58. The lowest BCUT2D eigenvalue weighted by Gasteiger charge is -2.19. The summed E-state index contributed by atoms with van der Waals surface area (Å²) < 4.78 is 38.0. The molecule has 0 N–H and O–H groups in total. The number of rotatable bonds is 11. The van der Waals surface area contributed by atoms with E-state index in [2.05, 4.69) is 26.0 Å². The Morgan fingerprint density at radius 3 is 2.28 bits per heavy atom. The SMILES string of the molecule is CCCCCC(OC1=C2OP(=O)(O1)O2)Oc1ccc(CCCC)cc1. The number of aryl methyl sites for hydroxylation is 1. The summed E-state index contributed by atoms with van der Waals surface area (Å²) in [5.41, 5.74) is 1.29.